The molecule has 7 nitrogen and oxygen atoms in total. The fraction of sp³-hybridized carbons (Fsp3) is 0.273. The first-order chi connectivity index (χ1) is 9.00. The Labute approximate surface area is 108 Å². The van der Waals surface area contributed by atoms with Gasteiger partial charge in [0.05, 0.1) is 12.0 Å². The first kappa shape index (κ1) is 12.0. The molecular formula is C11H11NO6S. The summed E-state index contributed by atoms with van der Waals surface area (Å²) in [5, 5.41) is 19.6. The summed E-state index contributed by atoms with van der Waals surface area (Å²) in [6.07, 6.45) is 1.82. The summed E-state index contributed by atoms with van der Waals surface area (Å²) in [4.78, 5) is 0. The van der Waals surface area contributed by atoms with Crippen LogP contribution in [0.25, 0.3) is 11.5 Å². The van der Waals surface area contributed by atoms with E-state index in [0.29, 0.717) is 6.42 Å². The van der Waals surface area contributed by atoms with Gasteiger partial charge in [-0.2, -0.15) is 0 Å². The molecule has 2 N–H and O–H groups in total. The number of nitrogens with zero attached hydrogens (tertiary/aromatic N) is 1. The van der Waals surface area contributed by atoms with E-state index in [-0.39, 0.29) is 29.7 Å². The van der Waals surface area contributed by atoms with Gasteiger partial charge >= 0.3 is 0 Å². The van der Waals surface area contributed by atoms with Gasteiger partial charge in [-0.1, -0.05) is 0 Å². The third-order valence-corrected chi connectivity index (χ3v) is 4.74. The molecular weight excluding hydrogens is 274 g/mol. The third-order valence-electron chi connectivity index (χ3n) is 2.91. The van der Waals surface area contributed by atoms with Crippen molar-refractivity contribution in [2.75, 3.05) is 16.6 Å². The molecule has 0 aliphatic carbocycles. The smallest absolute Gasteiger partial charge is 0.256 e. The number of aromatic hydroxyl groups is 2. The van der Waals surface area contributed by atoms with E-state index in [1.165, 1.54) is 12.3 Å². The molecule has 1 aliphatic heterocycles. The minimum absolute atomic E-state index is 0.00993. The maximum absolute atomic E-state index is 11.8. The van der Waals surface area contributed by atoms with Crippen molar-refractivity contribution < 1.29 is 27.5 Å². The van der Waals surface area contributed by atoms with Crippen molar-refractivity contribution in [2.45, 2.75) is 6.42 Å². The molecule has 0 spiro atoms. The molecule has 8 heteroatoms. The van der Waals surface area contributed by atoms with Gasteiger partial charge in [0.1, 0.15) is 0 Å². The van der Waals surface area contributed by atoms with E-state index in [0.717, 1.165) is 4.31 Å². The minimum Gasteiger partial charge on any atom is -0.501 e. The molecule has 19 heavy (non-hydrogen) atoms. The van der Waals surface area contributed by atoms with Gasteiger partial charge in [-0.25, -0.2) is 12.7 Å². The van der Waals surface area contributed by atoms with Crippen LogP contribution in [0.3, 0.4) is 0 Å². The molecule has 1 fully saturated rings. The van der Waals surface area contributed by atoms with E-state index in [2.05, 4.69) is 0 Å². The lowest BCUT2D eigenvalue weighted by molar-refractivity contribution is 0.408. The van der Waals surface area contributed by atoms with Crippen molar-refractivity contribution in [3.05, 3.63) is 18.4 Å². The average Bonchev–Trinajstić information content (AvgIpc) is 3.03. The van der Waals surface area contributed by atoms with Crippen LogP contribution in [0, 0.1) is 0 Å². The molecule has 0 atom stereocenters. The van der Waals surface area contributed by atoms with Gasteiger partial charge in [0, 0.05) is 6.54 Å². The third kappa shape index (κ3) is 1.75. The summed E-state index contributed by atoms with van der Waals surface area (Å²) in [6.45, 7) is 0.209. The molecule has 2 aromatic rings. The van der Waals surface area contributed by atoms with Crippen molar-refractivity contribution in [1.29, 1.82) is 0 Å². The lowest BCUT2D eigenvalue weighted by Crippen LogP contribution is -2.24. The van der Waals surface area contributed by atoms with Crippen molar-refractivity contribution >= 4 is 15.9 Å². The fourth-order valence-electron chi connectivity index (χ4n) is 2.01. The number of anilines is 1. The molecule has 0 amide bonds. The Morgan fingerprint density at radius 2 is 2.05 bits per heavy atom. The van der Waals surface area contributed by atoms with Gasteiger partial charge in [-0.15, -0.1) is 0 Å². The normalized spacial score (nSPS) is 18.0. The fourth-order valence-corrected chi connectivity index (χ4v) is 3.51. The van der Waals surface area contributed by atoms with Crippen LogP contribution in [0.1, 0.15) is 6.42 Å². The Morgan fingerprint density at radius 3 is 2.63 bits per heavy atom. The number of hydrogen-bond acceptors (Lipinski definition) is 6. The van der Waals surface area contributed by atoms with Crippen LogP contribution in [-0.2, 0) is 10.0 Å². The summed E-state index contributed by atoms with van der Waals surface area (Å²) < 4.78 is 34.8. The first-order valence-electron chi connectivity index (χ1n) is 5.60. The standard InChI is InChI=1S/C11H11NO6S/c13-8-9(14)11(12-4-2-6-19(12,15)16)18-10(8)7-3-1-5-17-7/h1,3,5,13-14H,2,4,6H2. The summed E-state index contributed by atoms with van der Waals surface area (Å²) in [5.41, 5.74) is 0. The first-order valence-corrected chi connectivity index (χ1v) is 7.20. The lowest BCUT2D eigenvalue weighted by Gasteiger charge is -2.12. The van der Waals surface area contributed by atoms with Crippen LogP contribution in [-0.4, -0.2) is 30.9 Å². The van der Waals surface area contributed by atoms with Crippen LogP contribution in [0.5, 0.6) is 11.5 Å². The minimum atomic E-state index is -3.50. The van der Waals surface area contributed by atoms with E-state index in [1.807, 2.05) is 0 Å². The van der Waals surface area contributed by atoms with Crippen LogP contribution >= 0.6 is 0 Å². The maximum Gasteiger partial charge on any atom is 0.256 e. The van der Waals surface area contributed by atoms with Gasteiger partial charge in [0.15, 0.2) is 5.76 Å². The zero-order chi connectivity index (χ0) is 13.6. The largest absolute Gasteiger partial charge is 0.501 e. The summed E-state index contributed by atoms with van der Waals surface area (Å²) in [6, 6.07) is 3.11. The Hall–Kier alpha value is -2.09. The zero-order valence-corrected chi connectivity index (χ0v) is 10.6. The molecule has 0 unspecified atom stereocenters. The second-order valence-electron chi connectivity index (χ2n) is 4.15. The SMILES string of the molecule is O=S1(=O)CCCN1c1oc(-c2ccco2)c(O)c1O. The van der Waals surface area contributed by atoms with E-state index in [1.54, 1.807) is 6.07 Å². The molecule has 0 radical (unpaired) electrons. The molecule has 102 valence electrons. The van der Waals surface area contributed by atoms with E-state index in [4.69, 9.17) is 8.83 Å². The van der Waals surface area contributed by atoms with Crippen molar-refractivity contribution in [3.63, 3.8) is 0 Å². The van der Waals surface area contributed by atoms with E-state index >= 15 is 0 Å². The highest BCUT2D eigenvalue weighted by Crippen LogP contribution is 2.48. The Balaban J connectivity index is 2.12. The second kappa shape index (κ2) is 3.95. The van der Waals surface area contributed by atoms with Crippen LogP contribution in [0.15, 0.2) is 27.2 Å². The maximum atomic E-state index is 11.8. The molecule has 0 bridgehead atoms. The molecule has 1 aliphatic rings. The van der Waals surface area contributed by atoms with Gasteiger partial charge in [0.2, 0.25) is 27.3 Å². The quantitative estimate of drug-likeness (QED) is 0.866. The van der Waals surface area contributed by atoms with Gasteiger partial charge in [-0.3, -0.25) is 0 Å². The van der Waals surface area contributed by atoms with Crippen LogP contribution in [0.2, 0.25) is 0 Å². The van der Waals surface area contributed by atoms with Crippen molar-refractivity contribution in [3.8, 4) is 23.0 Å². The molecule has 0 saturated carbocycles. The molecule has 2 aromatic heterocycles. The van der Waals surface area contributed by atoms with Gasteiger partial charge in [-0.05, 0) is 18.6 Å². The van der Waals surface area contributed by atoms with E-state index in [9.17, 15) is 18.6 Å². The summed E-state index contributed by atoms with van der Waals surface area (Å²) in [7, 11) is -3.50. The highest BCUT2D eigenvalue weighted by atomic mass is 32.2. The highest BCUT2D eigenvalue weighted by molar-refractivity contribution is 7.93. The Bertz CT molecular complexity index is 700. The molecule has 0 aromatic carbocycles. The average molecular weight is 285 g/mol. The molecule has 1 saturated heterocycles. The predicted octanol–water partition coefficient (Wildman–Crippen LogP) is 1.49. The topological polar surface area (TPSA) is 104 Å². The summed E-state index contributed by atoms with van der Waals surface area (Å²) in [5.74, 6) is -1.31. The second-order valence-corrected chi connectivity index (χ2v) is 6.17. The van der Waals surface area contributed by atoms with Gasteiger partial charge < -0.3 is 19.0 Å². The number of hydrogen-bond donors (Lipinski definition) is 2. The Kier molecular flexibility index (Phi) is 2.49. The van der Waals surface area contributed by atoms with Crippen molar-refractivity contribution in [1.82, 2.24) is 0 Å². The Morgan fingerprint density at radius 1 is 1.26 bits per heavy atom. The number of rotatable bonds is 2. The van der Waals surface area contributed by atoms with Crippen molar-refractivity contribution in [2.24, 2.45) is 0 Å². The number of sulfonamides is 1. The molecule has 3 heterocycles. The van der Waals surface area contributed by atoms with Crippen LogP contribution < -0.4 is 4.31 Å². The predicted molar refractivity (Wildman–Crippen MR) is 65.5 cm³/mol. The monoisotopic (exact) mass is 285 g/mol. The van der Waals surface area contributed by atoms with Gasteiger partial charge in [0.25, 0.3) is 5.88 Å². The lowest BCUT2D eigenvalue weighted by atomic mass is 10.3. The highest BCUT2D eigenvalue weighted by Gasteiger charge is 2.36. The molecule has 3 rings (SSSR count). The zero-order valence-electron chi connectivity index (χ0n) is 9.74. The summed E-state index contributed by atoms with van der Waals surface area (Å²) >= 11 is 0. The van der Waals surface area contributed by atoms with Crippen LogP contribution in [0.4, 0.5) is 5.88 Å². The van der Waals surface area contributed by atoms with E-state index < -0.39 is 21.5 Å². The number of furan rings is 2.